The van der Waals surface area contributed by atoms with Gasteiger partial charge >= 0.3 is 6.09 Å². The van der Waals surface area contributed by atoms with Crippen LogP contribution >= 0.6 is 0 Å². The van der Waals surface area contributed by atoms with Crippen LogP contribution in [0, 0.1) is 5.82 Å². The molecule has 1 N–H and O–H groups in total. The normalized spacial score (nSPS) is 23.6. The Balaban J connectivity index is 0.000000531. The van der Waals surface area contributed by atoms with Crippen LogP contribution in [0.1, 0.15) is 32.1 Å². The zero-order valence-electron chi connectivity index (χ0n) is 22.9. The Labute approximate surface area is 254 Å². The van der Waals surface area contributed by atoms with Gasteiger partial charge in [-0.1, -0.05) is 6.04 Å². The van der Waals surface area contributed by atoms with Crippen LogP contribution < -0.4 is 4.74 Å². The summed E-state index contributed by atoms with van der Waals surface area (Å²) in [5.41, 5.74) is 0. The molecule has 0 spiro atoms. The molecule has 0 radical (unpaired) electrons. The van der Waals surface area contributed by atoms with Crippen molar-refractivity contribution in [3.05, 3.63) is 48.4 Å². The molecule has 12 nitrogen and oxygen atoms in total. The Morgan fingerprint density at radius 1 is 1.12 bits per heavy atom. The molecule has 1 unspecified atom stereocenters. The van der Waals surface area contributed by atoms with Crippen LogP contribution in [0.3, 0.4) is 0 Å². The van der Waals surface area contributed by atoms with E-state index in [9.17, 15) is 22.4 Å². The molecule has 3 aliphatic heterocycles. The number of piperazine rings is 1. The van der Waals surface area contributed by atoms with Crippen molar-refractivity contribution in [1.82, 2.24) is 14.2 Å². The van der Waals surface area contributed by atoms with Crippen molar-refractivity contribution >= 4 is 22.4 Å². The molecule has 3 fully saturated rings. The van der Waals surface area contributed by atoms with Crippen LogP contribution in [0.15, 0.2) is 47.6 Å². The molecule has 42 heavy (non-hydrogen) atoms. The minimum atomic E-state index is -4.16. The first-order chi connectivity index (χ1) is 19.7. The van der Waals surface area contributed by atoms with Crippen molar-refractivity contribution in [2.45, 2.75) is 61.5 Å². The largest absolute Gasteiger partial charge is 0.540 e. The number of sulfonamides is 1. The molecule has 0 saturated carbocycles. The summed E-state index contributed by atoms with van der Waals surface area (Å²) in [5.74, 6) is 0.206. The quantitative estimate of drug-likeness (QED) is 0.257. The van der Waals surface area contributed by atoms with Crippen LogP contribution in [0.5, 0.6) is 11.5 Å². The zero-order valence-corrected chi connectivity index (χ0v) is 24.7. The first-order valence-electron chi connectivity index (χ1n) is 13.3. The Hall–Kier alpha value is -2.68. The van der Waals surface area contributed by atoms with Crippen LogP contribution in [-0.2, 0) is 45.5 Å². The van der Waals surface area contributed by atoms with Crippen molar-refractivity contribution in [3.63, 3.8) is 0 Å². The first kappa shape index (κ1) is 33.8. The van der Waals surface area contributed by atoms with Gasteiger partial charge in [0.2, 0.25) is 0 Å². The molecule has 4 atom stereocenters. The number of nitrogens with zero attached hydrogens (tertiary/aromatic N) is 3. The molecule has 3 saturated heterocycles. The SMILES string of the molecule is COCCOC(=O)N1[C@@H]2CC[C@H]1[C@H]([C-]=O)N(S(=O)(=O)c1ccc(Oc3ccc(F)cc3)cn1)C2.OC1CCCCO1.[Ni]. The number of aromatic nitrogens is 1. The van der Waals surface area contributed by atoms with Gasteiger partial charge in [-0.25, -0.2) is 33.2 Å². The second-order valence-corrected chi connectivity index (χ2v) is 11.5. The number of carbonyl (C=O) groups excluding carboxylic acids is 2. The number of rotatable bonds is 8. The smallest absolute Gasteiger partial charge is 0.410 e. The van der Waals surface area contributed by atoms with Crippen molar-refractivity contribution in [1.29, 1.82) is 0 Å². The molecule has 2 aromatic rings. The Morgan fingerprint density at radius 3 is 2.43 bits per heavy atom. The van der Waals surface area contributed by atoms with Crippen molar-refractivity contribution in [2.24, 2.45) is 0 Å². The summed E-state index contributed by atoms with van der Waals surface area (Å²) in [6.45, 7) is 0.943. The molecule has 2 bridgehead atoms. The van der Waals surface area contributed by atoms with Crippen LogP contribution in [-0.4, -0.2) is 98.0 Å². The maximum Gasteiger partial charge on any atom is 0.410 e. The van der Waals surface area contributed by atoms with Gasteiger partial charge in [0.05, 0.1) is 12.8 Å². The fourth-order valence-electron chi connectivity index (χ4n) is 4.93. The fraction of sp³-hybridized carbons (Fsp3) is 0.519. The van der Waals surface area contributed by atoms with E-state index in [0.717, 1.165) is 30.2 Å². The van der Waals surface area contributed by atoms with E-state index in [1.165, 1.54) is 54.6 Å². The molecular weight excluding hydrogens is 620 g/mol. The van der Waals surface area contributed by atoms with E-state index >= 15 is 0 Å². The maximum atomic E-state index is 13.3. The molecule has 1 amide bonds. The molecule has 5 rings (SSSR count). The van der Waals surface area contributed by atoms with Crippen molar-refractivity contribution in [2.75, 3.05) is 33.5 Å². The molecular formula is C27H33FN3NiO9S-. The topological polar surface area (TPSA) is 145 Å². The third-order valence-electron chi connectivity index (χ3n) is 6.94. The molecule has 0 aliphatic carbocycles. The molecule has 15 heteroatoms. The van der Waals surface area contributed by atoms with Gasteiger partial charge in [0.15, 0.2) is 11.3 Å². The number of hydrogen-bond donors (Lipinski definition) is 1. The minimum Gasteiger partial charge on any atom is -0.540 e. The van der Waals surface area contributed by atoms with E-state index in [0.29, 0.717) is 18.6 Å². The van der Waals surface area contributed by atoms with Crippen LogP contribution in [0.25, 0.3) is 0 Å². The number of fused-ring (bicyclic) bond motifs is 2. The Bertz CT molecular complexity index is 1260. The van der Waals surface area contributed by atoms with Gasteiger partial charge in [-0.05, 0) is 68.5 Å². The number of hydrogen-bond acceptors (Lipinski definition) is 10. The third kappa shape index (κ3) is 8.24. The van der Waals surface area contributed by atoms with E-state index < -0.39 is 46.3 Å². The summed E-state index contributed by atoms with van der Waals surface area (Å²) in [7, 11) is -2.68. The number of halogens is 1. The van der Waals surface area contributed by atoms with E-state index in [-0.39, 0.29) is 47.0 Å². The second kappa shape index (κ2) is 15.7. The average molecular weight is 653 g/mol. The van der Waals surface area contributed by atoms with Gasteiger partial charge in [0, 0.05) is 48.8 Å². The summed E-state index contributed by atoms with van der Waals surface area (Å²) in [4.78, 5) is 29.8. The maximum absolute atomic E-state index is 13.3. The van der Waals surface area contributed by atoms with Gasteiger partial charge in [-0.3, -0.25) is 0 Å². The molecule has 3 aliphatic rings. The minimum absolute atomic E-state index is 0. The summed E-state index contributed by atoms with van der Waals surface area (Å²) in [6.07, 6.45) is 5.98. The molecule has 1 aromatic carbocycles. The van der Waals surface area contributed by atoms with Gasteiger partial charge < -0.3 is 33.7 Å². The summed E-state index contributed by atoms with van der Waals surface area (Å²) in [6, 6.07) is 5.72. The number of carbonyl (C=O) groups is 1. The zero-order chi connectivity index (χ0) is 29.4. The number of pyridine rings is 1. The number of aliphatic hydroxyl groups is 1. The predicted octanol–water partition coefficient (Wildman–Crippen LogP) is 2.61. The van der Waals surface area contributed by atoms with E-state index in [1.807, 2.05) is 0 Å². The van der Waals surface area contributed by atoms with Gasteiger partial charge in [-0.2, -0.15) is 0 Å². The summed E-state index contributed by atoms with van der Waals surface area (Å²) < 4.78 is 61.2. The molecule has 4 heterocycles. The molecule has 1 aromatic heterocycles. The van der Waals surface area contributed by atoms with E-state index in [1.54, 1.807) is 6.29 Å². The molecule has 234 valence electrons. The average Bonchev–Trinajstić information content (AvgIpc) is 3.29. The van der Waals surface area contributed by atoms with Crippen LogP contribution in [0.4, 0.5) is 9.18 Å². The monoisotopic (exact) mass is 652 g/mol. The predicted molar refractivity (Wildman–Crippen MR) is 142 cm³/mol. The number of amides is 1. The van der Waals surface area contributed by atoms with Crippen molar-refractivity contribution < 1.29 is 62.9 Å². The number of benzene rings is 1. The number of aliphatic hydroxyl groups excluding tert-OH is 1. The number of ether oxygens (including phenoxy) is 4. The van der Waals surface area contributed by atoms with Gasteiger partial charge in [-0.15, -0.1) is 0 Å². The van der Waals surface area contributed by atoms with Crippen LogP contribution in [0.2, 0.25) is 0 Å². The van der Waals surface area contributed by atoms with E-state index in [2.05, 4.69) is 4.98 Å². The second-order valence-electron chi connectivity index (χ2n) is 9.66. The first-order valence-corrected chi connectivity index (χ1v) is 14.7. The van der Waals surface area contributed by atoms with Gasteiger partial charge in [0.1, 0.15) is 23.9 Å². The Kier molecular flexibility index (Phi) is 12.6. The Morgan fingerprint density at radius 2 is 1.86 bits per heavy atom. The summed E-state index contributed by atoms with van der Waals surface area (Å²) in [5, 5.41) is 8.42. The van der Waals surface area contributed by atoms with E-state index in [4.69, 9.17) is 24.1 Å². The van der Waals surface area contributed by atoms with Crippen molar-refractivity contribution in [3.8, 4) is 11.5 Å². The number of methoxy groups -OCH3 is 1. The fourth-order valence-corrected chi connectivity index (χ4v) is 6.45. The standard InChI is InChI=1S/C22H23FN3O7S.C5H10O2.Ni/c1-31-10-11-32-22(28)26-16-4-8-19(26)20(14-27)25(13-16)34(29,30)21-9-7-18(12-24-21)33-17-5-2-15(23)3-6-17;6-5-3-1-2-4-7-5;/h2-3,5-7,9,12,16,19-20H,4,8,10-11,13H2,1H3;5-6H,1-4H2;/q-1;;/t16-,19+,20+;;/m1../s1. The summed E-state index contributed by atoms with van der Waals surface area (Å²) >= 11 is 0. The third-order valence-corrected chi connectivity index (χ3v) is 8.71. The van der Waals surface area contributed by atoms with Gasteiger partial charge in [0.25, 0.3) is 10.0 Å².